The molecule has 0 saturated heterocycles. The van der Waals surface area contributed by atoms with Crippen molar-refractivity contribution in [3.63, 3.8) is 0 Å². The van der Waals surface area contributed by atoms with Crippen LogP contribution >= 0.6 is 0 Å². The molecule has 1 aromatic carbocycles. The first-order chi connectivity index (χ1) is 9.30. The van der Waals surface area contributed by atoms with E-state index < -0.39 is 22.6 Å². The minimum absolute atomic E-state index is 0.132. The summed E-state index contributed by atoms with van der Waals surface area (Å²) in [6.45, 7) is 3.99. The molecular weight excluding hydrogens is 266 g/mol. The molecule has 0 N–H and O–H groups in total. The normalized spacial score (nSPS) is 10.8. The van der Waals surface area contributed by atoms with Gasteiger partial charge in [0.25, 0.3) is 11.5 Å². The maximum atomic E-state index is 11.2. The van der Waals surface area contributed by atoms with Gasteiger partial charge < -0.3 is 9.47 Å². The van der Waals surface area contributed by atoms with Crippen LogP contribution in [-0.4, -0.2) is 16.9 Å². The highest BCUT2D eigenvalue weighted by Gasteiger charge is 2.38. The molecule has 0 fully saturated rings. The van der Waals surface area contributed by atoms with Crippen molar-refractivity contribution >= 4 is 17.6 Å². The SMILES string of the molecule is CCC(OC(C)=O)(OC(C)=O)c1cccc([N+](=O)[O-])c1. The van der Waals surface area contributed by atoms with E-state index in [1.807, 2.05) is 0 Å². The highest BCUT2D eigenvalue weighted by Crippen LogP contribution is 2.33. The zero-order chi connectivity index (χ0) is 15.3. The minimum Gasteiger partial charge on any atom is -0.418 e. The minimum atomic E-state index is -1.65. The topological polar surface area (TPSA) is 95.7 Å². The lowest BCUT2D eigenvalue weighted by Crippen LogP contribution is -2.36. The number of carbonyl (C=O) groups is 2. The van der Waals surface area contributed by atoms with Crippen molar-refractivity contribution in [2.45, 2.75) is 33.0 Å². The van der Waals surface area contributed by atoms with Gasteiger partial charge in [0.15, 0.2) is 0 Å². The Morgan fingerprint density at radius 1 is 1.25 bits per heavy atom. The van der Waals surface area contributed by atoms with Crippen LogP contribution in [0.4, 0.5) is 5.69 Å². The summed E-state index contributed by atoms with van der Waals surface area (Å²) in [5, 5.41) is 10.8. The van der Waals surface area contributed by atoms with Gasteiger partial charge in [-0.2, -0.15) is 0 Å². The fourth-order valence-corrected chi connectivity index (χ4v) is 1.81. The van der Waals surface area contributed by atoms with Gasteiger partial charge in [0, 0.05) is 38.0 Å². The monoisotopic (exact) mass is 281 g/mol. The Bertz CT molecular complexity index is 523. The smallest absolute Gasteiger partial charge is 0.306 e. The molecule has 0 aliphatic rings. The standard InChI is InChI=1S/C13H15NO6/c1-4-13(19-9(2)15,20-10(3)16)11-6-5-7-12(8-11)14(17)18/h5-8H,4H2,1-3H3. The third-order valence-electron chi connectivity index (χ3n) is 2.58. The highest BCUT2D eigenvalue weighted by atomic mass is 16.7. The summed E-state index contributed by atoms with van der Waals surface area (Å²) >= 11 is 0. The molecule has 0 amide bonds. The summed E-state index contributed by atoms with van der Waals surface area (Å²) in [5.74, 6) is -2.96. The van der Waals surface area contributed by atoms with Gasteiger partial charge >= 0.3 is 11.9 Å². The molecule has 0 radical (unpaired) electrons. The summed E-state index contributed by atoms with van der Waals surface area (Å²) in [7, 11) is 0. The third kappa shape index (κ3) is 3.53. The van der Waals surface area contributed by atoms with Gasteiger partial charge in [0.2, 0.25) is 0 Å². The van der Waals surface area contributed by atoms with E-state index >= 15 is 0 Å². The molecule has 1 aromatic rings. The molecule has 0 atom stereocenters. The van der Waals surface area contributed by atoms with Crippen LogP contribution in [0.1, 0.15) is 32.8 Å². The number of benzene rings is 1. The van der Waals surface area contributed by atoms with E-state index in [2.05, 4.69) is 0 Å². The second kappa shape index (κ2) is 6.14. The zero-order valence-corrected chi connectivity index (χ0v) is 11.4. The molecule has 0 aliphatic carbocycles. The summed E-state index contributed by atoms with van der Waals surface area (Å²) in [5.41, 5.74) is 0.0548. The molecule has 0 bridgehead atoms. The van der Waals surface area contributed by atoms with Crippen LogP contribution in [0, 0.1) is 10.1 Å². The quantitative estimate of drug-likeness (QED) is 0.355. The van der Waals surface area contributed by atoms with Crippen LogP contribution < -0.4 is 0 Å². The molecule has 7 nitrogen and oxygen atoms in total. The van der Waals surface area contributed by atoms with Crippen LogP contribution in [0.2, 0.25) is 0 Å². The number of carbonyl (C=O) groups excluding carboxylic acids is 2. The average Bonchev–Trinajstić information content (AvgIpc) is 2.36. The van der Waals surface area contributed by atoms with Crippen molar-refractivity contribution in [2.75, 3.05) is 0 Å². The average molecular weight is 281 g/mol. The van der Waals surface area contributed by atoms with Gasteiger partial charge in [-0.3, -0.25) is 19.7 Å². The molecule has 0 heterocycles. The molecular formula is C13H15NO6. The van der Waals surface area contributed by atoms with Crippen molar-refractivity contribution in [3.05, 3.63) is 39.9 Å². The fraction of sp³-hybridized carbons (Fsp3) is 0.385. The molecule has 0 aromatic heterocycles. The van der Waals surface area contributed by atoms with Crippen LogP contribution in [0.25, 0.3) is 0 Å². The van der Waals surface area contributed by atoms with E-state index in [0.717, 1.165) is 0 Å². The van der Waals surface area contributed by atoms with Crippen LogP contribution in [0.3, 0.4) is 0 Å². The summed E-state index contributed by atoms with van der Waals surface area (Å²) in [6.07, 6.45) is 0.132. The van der Waals surface area contributed by atoms with Gasteiger partial charge in [-0.25, -0.2) is 0 Å². The van der Waals surface area contributed by atoms with E-state index in [0.29, 0.717) is 0 Å². The van der Waals surface area contributed by atoms with Crippen molar-refractivity contribution in [1.29, 1.82) is 0 Å². The highest BCUT2D eigenvalue weighted by molar-refractivity contribution is 5.69. The largest absolute Gasteiger partial charge is 0.418 e. The summed E-state index contributed by atoms with van der Waals surface area (Å²) in [4.78, 5) is 32.7. The maximum absolute atomic E-state index is 11.2. The fourth-order valence-electron chi connectivity index (χ4n) is 1.81. The predicted molar refractivity (Wildman–Crippen MR) is 68.6 cm³/mol. The van der Waals surface area contributed by atoms with E-state index in [9.17, 15) is 19.7 Å². The molecule has 7 heteroatoms. The molecule has 108 valence electrons. The zero-order valence-electron chi connectivity index (χ0n) is 11.4. The van der Waals surface area contributed by atoms with Crippen molar-refractivity contribution in [3.8, 4) is 0 Å². The number of ether oxygens (including phenoxy) is 2. The lowest BCUT2D eigenvalue weighted by molar-refractivity contribution is -0.385. The lowest BCUT2D eigenvalue weighted by Gasteiger charge is -2.31. The Balaban J connectivity index is 3.34. The van der Waals surface area contributed by atoms with E-state index in [1.54, 1.807) is 6.92 Å². The Hall–Kier alpha value is -2.44. The number of nitrogens with zero attached hydrogens (tertiary/aromatic N) is 1. The summed E-state index contributed by atoms with van der Waals surface area (Å²) < 4.78 is 10.2. The number of esters is 2. The molecule has 0 saturated carbocycles. The number of hydrogen-bond acceptors (Lipinski definition) is 6. The van der Waals surface area contributed by atoms with Gasteiger partial charge in [0.1, 0.15) is 0 Å². The first-order valence-corrected chi connectivity index (χ1v) is 5.95. The number of rotatable bonds is 5. The molecule has 0 spiro atoms. The molecule has 0 unspecified atom stereocenters. The van der Waals surface area contributed by atoms with Gasteiger partial charge in [-0.05, 0) is 0 Å². The summed E-state index contributed by atoms with van der Waals surface area (Å²) in [6, 6.07) is 5.45. The first kappa shape index (κ1) is 15.6. The van der Waals surface area contributed by atoms with Crippen molar-refractivity contribution < 1.29 is 24.0 Å². The van der Waals surface area contributed by atoms with Crippen molar-refractivity contribution in [2.24, 2.45) is 0 Å². The van der Waals surface area contributed by atoms with Gasteiger partial charge in [-0.1, -0.05) is 19.1 Å². The maximum Gasteiger partial charge on any atom is 0.306 e. The Morgan fingerprint density at radius 2 is 1.80 bits per heavy atom. The van der Waals surface area contributed by atoms with Crippen LogP contribution in [0.5, 0.6) is 0 Å². The number of hydrogen-bond donors (Lipinski definition) is 0. The Kier molecular flexibility index (Phi) is 4.79. The third-order valence-corrected chi connectivity index (χ3v) is 2.58. The van der Waals surface area contributed by atoms with Gasteiger partial charge in [-0.15, -0.1) is 0 Å². The molecule has 1 rings (SSSR count). The van der Waals surface area contributed by atoms with E-state index in [1.165, 1.54) is 38.1 Å². The van der Waals surface area contributed by atoms with Crippen LogP contribution in [-0.2, 0) is 24.8 Å². The Morgan fingerprint density at radius 3 is 2.20 bits per heavy atom. The second-order valence-electron chi connectivity index (χ2n) is 4.10. The predicted octanol–water partition coefficient (Wildman–Crippen LogP) is 2.28. The van der Waals surface area contributed by atoms with E-state index in [4.69, 9.17) is 9.47 Å². The lowest BCUT2D eigenvalue weighted by atomic mass is 10.0. The van der Waals surface area contributed by atoms with Gasteiger partial charge in [0.05, 0.1) is 4.92 Å². The van der Waals surface area contributed by atoms with Crippen molar-refractivity contribution in [1.82, 2.24) is 0 Å². The number of non-ortho nitro benzene ring substituents is 1. The molecule has 20 heavy (non-hydrogen) atoms. The van der Waals surface area contributed by atoms with E-state index in [-0.39, 0.29) is 17.7 Å². The molecule has 0 aliphatic heterocycles. The Labute approximate surface area is 115 Å². The number of nitro groups is 1. The first-order valence-electron chi connectivity index (χ1n) is 5.95. The number of nitro benzene ring substituents is 1. The second-order valence-corrected chi connectivity index (χ2v) is 4.10. The van der Waals surface area contributed by atoms with Crippen LogP contribution in [0.15, 0.2) is 24.3 Å².